The average molecular weight is 404 g/mol. The van der Waals surface area contributed by atoms with Crippen molar-refractivity contribution in [2.75, 3.05) is 6.54 Å². The van der Waals surface area contributed by atoms with Gasteiger partial charge in [-0.3, -0.25) is 4.79 Å². The number of nitrogens with two attached hydrogens (primary N) is 1. The number of hydrogen-bond donors (Lipinski definition) is 2. The van der Waals surface area contributed by atoms with Crippen LogP contribution >= 0.6 is 36.2 Å². The number of aryl methyl sites for hydroxylation is 1. The monoisotopic (exact) mass is 403 g/mol. The molecular formula is C18H27Cl2N3OS. The first kappa shape index (κ1) is 23.9. The number of carbonyl (C=O) groups is 1. The summed E-state index contributed by atoms with van der Waals surface area (Å²) in [4.78, 5) is 17.9. The third kappa shape index (κ3) is 5.96. The van der Waals surface area contributed by atoms with Crippen molar-refractivity contribution in [3.63, 3.8) is 0 Å². The molecule has 0 radical (unpaired) electrons. The predicted molar refractivity (Wildman–Crippen MR) is 110 cm³/mol. The predicted octanol–water partition coefficient (Wildman–Crippen LogP) is 4.13. The molecule has 0 unspecified atom stereocenters. The zero-order valence-electron chi connectivity index (χ0n) is 14.9. The standard InChI is InChI=1S/C18H25N3OS.2ClH/c1-4-18(5-2,12-19)21-17(22)16-13(3)20-15(23-16)11-14-9-7-6-8-10-14;;/h6-10H,4-5,11-12,19H2,1-3H3,(H,21,22);2*1H. The van der Waals surface area contributed by atoms with Gasteiger partial charge in [-0.2, -0.15) is 0 Å². The number of benzene rings is 1. The van der Waals surface area contributed by atoms with Crippen LogP contribution in [0.2, 0.25) is 0 Å². The van der Waals surface area contributed by atoms with Crippen LogP contribution in [0.3, 0.4) is 0 Å². The van der Waals surface area contributed by atoms with E-state index < -0.39 is 0 Å². The van der Waals surface area contributed by atoms with E-state index in [0.717, 1.165) is 30.0 Å². The van der Waals surface area contributed by atoms with Crippen LogP contribution in [0, 0.1) is 6.92 Å². The Morgan fingerprint density at radius 1 is 1.20 bits per heavy atom. The van der Waals surface area contributed by atoms with Gasteiger partial charge in [0.1, 0.15) is 4.88 Å². The van der Waals surface area contributed by atoms with E-state index in [0.29, 0.717) is 11.4 Å². The molecule has 7 heteroatoms. The summed E-state index contributed by atoms with van der Waals surface area (Å²) in [6.07, 6.45) is 2.39. The Morgan fingerprint density at radius 3 is 2.32 bits per heavy atom. The minimum Gasteiger partial charge on any atom is -0.345 e. The fourth-order valence-corrected chi connectivity index (χ4v) is 3.57. The SMILES string of the molecule is CCC(CC)(CN)NC(=O)c1sc(Cc2ccccc2)nc1C.Cl.Cl. The summed E-state index contributed by atoms with van der Waals surface area (Å²) in [6.45, 7) is 6.44. The number of carbonyl (C=O) groups excluding carboxylic acids is 1. The van der Waals surface area contributed by atoms with E-state index in [2.05, 4.69) is 36.3 Å². The van der Waals surface area contributed by atoms with Crippen molar-refractivity contribution in [2.24, 2.45) is 5.73 Å². The first-order chi connectivity index (χ1) is 11.0. The molecule has 1 amide bonds. The summed E-state index contributed by atoms with van der Waals surface area (Å²) in [7, 11) is 0. The van der Waals surface area contributed by atoms with Crippen molar-refractivity contribution in [2.45, 2.75) is 45.6 Å². The summed E-state index contributed by atoms with van der Waals surface area (Å²) >= 11 is 1.47. The van der Waals surface area contributed by atoms with Crippen LogP contribution in [-0.4, -0.2) is 23.0 Å². The lowest BCUT2D eigenvalue weighted by Crippen LogP contribution is -2.52. The molecule has 0 atom stereocenters. The molecule has 4 nitrogen and oxygen atoms in total. The second kappa shape index (κ2) is 10.8. The van der Waals surface area contributed by atoms with Gasteiger partial charge in [0.25, 0.3) is 5.91 Å². The van der Waals surface area contributed by atoms with Gasteiger partial charge in [0.15, 0.2) is 0 Å². The molecule has 2 aromatic rings. The number of thiazole rings is 1. The van der Waals surface area contributed by atoms with Crippen molar-refractivity contribution >= 4 is 42.1 Å². The largest absolute Gasteiger partial charge is 0.345 e. The Hall–Kier alpha value is -1.14. The summed E-state index contributed by atoms with van der Waals surface area (Å²) in [5.74, 6) is -0.0616. The molecule has 2 rings (SSSR count). The van der Waals surface area contributed by atoms with E-state index in [1.807, 2.05) is 25.1 Å². The van der Waals surface area contributed by atoms with E-state index in [1.165, 1.54) is 16.9 Å². The van der Waals surface area contributed by atoms with E-state index in [1.54, 1.807) is 0 Å². The van der Waals surface area contributed by atoms with Gasteiger partial charge in [-0.15, -0.1) is 36.2 Å². The van der Waals surface area contributed by atoms with Gasteiger partial charge in [-0.25, -0.2) is 4.98 Å². The normalized spacial score (nSPS) is 10.6. The highest BCUT2D eigenvalue weighted by Gasteiger charge is 2.28. The molecule has 140 valence electrons. The summed E-state index contributed by atoms with van der Waals surface area (Å²) in [5.41, 5.74) is 7.54. The molecular weight excluding hydrogens is 377 g/mol. The Balaban J connectivity index is 0.00000288. The summed E-state index contributed by atoms with van der Waals surface area (Å²) < 4.78 is 0. The average Bonchev–Trinajstić information content (AvgIpc) is 2.94. The molecule has 1 aromatic heterocycles. The number of halogens is 2. The minimum atomic E-state index is -0.326. The number of nitrogens with zero attached hydrogens (tertiary/aromatic N) is 1. The van der Waals surface area contributed by atoms with Crippen LogP contribution in [0.15, 0.2) is 30.3 Å². The maximum absolute atomic E-state index is 12.6. The topological polar surface area (TPSA) is 68.0 Å². The number of amides is 1. The molecule has 0 saturated carbocycles. The highest BCUT2D eigenvalue weighted by atomic mass is 35.5. The number of rotatable bonds is 7. The van der Waals surface area contributed by atoms with Gasteiger partial charge in [0, 0.05) is 13.0 Å². The molecule has 0 aliphatic rings. The maximum atomic E-state index is 12.6. The zero-order chi connectivity index (χ0) is 16.9. The Labute approximate surface area is 166 Å². The molecule has 0 bridgehead atoms. The van der Waals surface area contributed by atoms with Crippen LogP contribution in [-0.2, 0) is 6.42 Å². The number of aromatic nitrogens is 1. The van der Waals surface area contributed by atoms with E-state index >= 15 is 0 Å². The van der Waals surface area contributed by atoms with Gasteiger partial charge in [0.2, 0.25) is 0 Å². The van der Waals surface area contributed by atoms with Gasteiger partial charge >= 0.3 is 0 Å². The second-order valence-electron chi connectivity index (χ2n) is 5.83. The van der Waals surface area contributed by atoms with E-state index in [4.69, 9.17) is 5.73 Å². The summed E-state index contributed by atoms with van der Waals surface area (Å²) in [6, 6.07) is 10.2. The second-order valence-corrected chi connectivity index (χ2v) is 6.91. The van der Waals surface area contributed by atoms with Crippen molar-refractivity contribution in [1.82, 2.24) is 10.3 Å². The zero-order valence-corrected chi connectivity index (χ0v) is 17.3. The van der Waals surface area contributed by atoms with Crippen LogP contribution in [0.4, 0.5) is 0 Å². The maximum Gasteiger partial charge on any atom is 0.263 e. The number of nitrogens with one attached hydrogen (secondary N) is 1. The molecule has 0 aliphatic carbocycles. The molecule has 0 saturated heterocycles. The highest BCUT2D eigenvalue weighted by molar-refractivity contribution is 7.13. The van der Waals surface area contributed by atoms with E-state index in [9.17, 15) is 4.79 Å². The van der Waals surface area contributed by atoms with Crippen molar-refractivity contribution < 1.29 is 4.79 Å². The van der Waals surface area contributed by atoms with Crippen LogP contribution in [0.25, 0.3) is 0 Å². The Kier molecular flexibility index (Phi) is 10.3. The molecule has 25 heavy (non-hydrogen) atoms. The highest BCUT2D eigenvalue weighted by Crippen LogP contribution is 2.22. The Bertz CT molecular complexity index is 649. The van der Waals surface area contributed by atoms with E-state index in [-0.39, 0.29) is 36.3 Å². The van der Waals surface area contributed by atoms with Gasteiger partial charge in [0.05, 0.1) is 16.2 Å². The first-order valence-corrected chi connectivity index (χ1v) is 8.88. The minimum absolute atomic E-state index is 0. The van der Waals surface area contributed by atoms with Crippen molar-refractivity contribution in [3.05, 3.63) is 51.5 Å². The van der Waals surface area contributed by atoms with Gasteiger partial charge < -0.3 is 11.1 Å². The van der Waals surface area contributed by atoms with Crippen molar-refractivity contribution in [3.8, 4) is 0 Å². The molecule has 3 N–H and O–H groups in total. The quantitative estimate of drug-likeness (QED) is 0.729. The Morgan fingerprint density at radius 2 is 1.80 bits per heavy atom. The lowest BCUT2D eigenvalue weighted by molar-refractivity contribution is 0.0898. The lowest BCUT2D eigenvalue weighted by Gasteiger charge is -2.31. The molecule has 0 fully saturated rings. The van der Waals surface area contributed by atoms with Crippen LogP contribution in [0.1, 0.15) is 52.6 Å². The van der Waals surface area contributed by atoms with Crippen LogP contribution < -0.4 is 11.1 Å². The fraction of sp³-hybridized carbons (Fsp3) is 0.444. The molecule has 1 heterocycles. The first-order valence-electron chi connectivity index (χ1n) is 8.06. The fourth-order valence-electron chi connectivity index (χ4n) is 2.57. The number of hydrogen-bond acceptors (Lipinski definition) is 4. The van der Waals surface area contributed by atoms with Crippen LogP contribution in [0.5, 0.6) is 0 Å². The smallest absolute Gasteiger partial charge is 0.263 e. The molecule has 0 spiro atoms. The van der Waals surface area contributed by atoms with Gasteiger partial charge in [-0.1, -0.05) is 44.2 Å². The molecule has 0 aliphatic heterocycles. The lowest BCUT2D eigenvalue weighted by atomic mass is 9.93. The molecule has 1 aromatic carbocycles. The summed E-state index contributed by atoms with van der Waals surface area (Å²) in [5, 5.41) is 4.08. The third-order valence-electron chi connectivity index (χ3n) is 4.37. The van der Waals surface area contributed by atoms with Gasteiger partial charge in [-0.05, 0) is 25.3 Å². The third-order valence-corrected chi connectivity index (χ3v) is 5.52. The van der Waals surface area contributed by atoms with Crippen molar-refractivity contribution in [1.29, 1.82) is 0 Å².